The molecule has 4 heteroatoms. The van der Waals surface area contributed by atoms with Crippen molar-refractivity contribution in [1.29, 1.82) is 0 Å². The molecule has 198 valence electrons. The van der Waals surface area contributed by atoms with Crippen LogP contribution in [0.15, 0.2) is 54.7 Å². The highest BCUT2D eigenvalue weighted by molar-refractivity contribution is 5.29. The number of hydrogen-bond acceptors (Lipinski definition) is 4. The summed E-state index contributed by atoms with van der Waals surface area (Å²) in [4.78, 5) is 11.4. The fourth-order valence-electron chi connectivity index (χ4n) is 8.25. The van der Waals surface area contributed by atoms with Crippen LogP contribution in [0.1, 0.15) is 55.2 Å². The van der Waals surface area contributed by atoms with Crippen LogP contribution < -0.4 is 0 Å². The van der Waals surface area contributed by atoms with Crippen molar-refractivity contribution in [2.75, 3.05) is 19.8 Å². The summed E-state index contributed by atoms with van der Waals surface area (Å²) in [6.07, 6.45) is 22.2. The van der Waals surface area contributed by atoms with Gasteiger partial charge >= 0.3 is 0 Å². The van der Waals surface area contributed by atoms with E-state index in [1.165, 1.54) is 49.7 Å². The van der Waals surface area contributed by atoms with Gasteiger partial charge in [-0.2, -0.15) is 0 Å². The lowest BCUT2D eigenvalue weighted by Crippen LogP contribution is -2.15. The van der Waals surface area contributed by atoms with Crippen molar-refractivity contribution in [3.8, 4) is 0 Å². The fourth-order valence-corrected chi connectivity index (χ4v) is 8.25. The Bertz CT molecular complexity index is 985. The molecular weight excluding hydrogens is 460 g/mol. The predicted molar refractivity (Wildman–Crippen MR) is 143 cm³/mol. The molecule has 3 fully saturated rings. The van der Waals surface area contributed by atoms with E-state index >= 15 is 0 Å². The summed E-state index contributed by atoms with van der Waals surface area (Å²) in [5.74, 6) is 6.50. The SMILES string of the molecule is C1=CC2CC1CC2COCc1cc(COCC2CC3C=CC2C3)cc(COOCC2CC3C=CC2C3)c1. The third-order valence-corrected chi connectivity index (χ3v) is 10.2. The van der Waals surface area contributed by atoms with E-state index in [0.717, 1.165) is 48.4 Å². The smallest absolute Gasteiger partial charge is 0.107 e. The van der Waals surface area contributed by atoms with E-state index in [2.05, 4.69) is 54.7 Å². The van der Waals surface area contributed by atoms with Crippen LogP contribution in [0.25, 0.3) is 0 Å². The second-order valence-electron chi connectivity index (χ2n) is 12.9. The van der Waals surface area contributed by atoms with Gasteiger partial charge in [0.15, 0.2) is 0 Å². The molecule has 6 bridgehead atoms. The zero-order valence-electron chi connectivity index (χ0n) is 22.0. The summed E-state index contributed by atoms with van der Waals surface area (Å²) in [6, 6.07) is 6.69. The lowest BCUT2D eigenvalue weighted by Gasteiger charge is -2.19. The number of ether oxygens (including phenoxy) is 2. The van der Waals surface area contributed by atoms with Gasteiger partial charge in [0, 0.05) is 0 Å². The number of hydrogen-bond donors (Lipinski definition) is 0. The van der Waals surface area contributed by atoms with Gasteiger partial charge in [-0.05, 0) is 108 Å². The Morgan fingerprint density at radius 2 is 0.892 bits per heavy atom. The van der Waals surface area contributed by atoms with E-state index < -0.39 is 0 Å². The molecule has 9 atom stereocenters. The molecule has 3 saturated carbocycles. The summed E-state index contributed by atoms with van der Waals surface area (Å²) in [5.41, 5.74) is 3.55. The molecule has 0 aliphatic heterocycles. The van der Waals surface area contributed by atoms with E-state index in [1.54, 1.807) is 0 Å². The average molecular weight is 503 g/mol. The summed E-state index contributed by atoms with van der Waals surface area (Å²) < 4.78 is 12.5. The van der Waals surface area contributed by atoms with Gasteiger partial charge in [0.25, 0.3) is 0 Å². The minimum atomic E-state index is 0.464. The molecule has 0 radical (unpaired) electrons. The van der Waals surface area contributed by atoms with Crippen molar-refractivity contribution < 1.29 is 19.2 Å². The molecule has 9 unspecified atom stereocenters. The highest BCUT2D eigenvalue weighted by atomic mass is 17.2. The Morgan fingerprint density at radius 1 is 0.459 bits per heavy atom. The zero-order valence-corrected chi connectivity index (χ0v) is 22.0. The van der Waals surface area contributed by atoms with E-state index in [-0.39, 0.29) is 0 Å². The molecule has 7 rings (SSSR count). The maximum Gasteiger partial charge on any atom is 0.107 e. The molecule has 0 spiro atoms. The molecule has 0 heterocycles. The lowest BCUT2D eigenvalue weighted by molar-refractivity contribution is -0.311. The molecule has 1 aromatic carbocycles. The Morgan fingerprint density at radius 3 is 1.30 bits per heavy atom. The quantitative estimate of drug-likeness (QED) is 0.129. The molecular formula is C33H42O4. The normalized spacial score (nSPS) is 38.1. The lowest BCUT2D eigenvalue weighted by atomic mass is 9.94. The van der Waals surface area contributed by atoms with Crippen molar-refractivity contribution in [3.63, 3.8) is 0 Å². The Balaban J connectivity index is 0.925. The first-order valence-corrected chi connectivity index (χ1v) is 14.8. The van der Waals surface area contributed by atoms with Gasteiger partial charge < -0.3 is 9.47 Å². The van der Waals surface area contributed by atoms with Crippen molar-refractivity contribution in [2.45, 2.75) is 58.3 Å². The molecule has 4 nitrogen and oxygen atoms in total. The second-order valence-corrected chi connectivity index (χ2v) is 12.9. The van der Waals surface area contributed by atoms with Crippen LogP contribution in [0.5, 0.6) is 0 Å². The first-order valence-electron chi connectivity index (χ1n) is 14.8. The third kappa shape index (κ3) is 5.54. The van der Waals surface area contributed by atoms with Crippen LogP contribution in [0.3, 0.4) is 0 Å². The number of rotatable bonds is 13. The van der Waals surface area contributed by atoms with Gasteiger partial charge in [0.1, 0.15) is 6.61 Å². The van der Waals surface area contributed by atoms with Crippen LogP contribution in [0.2, 0.25) is 0 Å². The van der Waals surface area contributed by atoms with Crippen molar-refractivity contribution >= 4 is 0 Å². The van der Waals surface area contributed by atoms with Gasteiger partial charge in [-0.3, -0.25) is 0 Å². The largest absolute Gasteiger partial charge is 0.376 e. The third-order valence-electron chi connectivity index (χ3n) is 10.2. The molecule has 0 amide bonds. The first kappa shape index (κ1) is 24.3. The molecule has 0 N–H and O–H groups in total. The van der Waals surface area contributed by atoms with Crippen LogP contribution in [-0.2, 0) is 39.1 Å². The number of benzene rings is 1. The highest BCUT2D eigenvalue weighted by Crippen LogP contribution is 2.45. The van der Waals surface area contributed by atoms with Gasteiger partial charge in [0.05, 0.1) is 33.0 Å². The monoisotopic (exact) mass is 502 g/mol. The summed E-state index contributed by atoms with van der Waals surface area (Å²) in [6.45, 7) is 4.17. The maximum absolute atomic E-state index is 6.25. The molecule has 0 saturated heterocycles. The molecule has 6 aliphatic carbocycles. The van der Waals surface area contributed by atoms with Crippen LogP contribution in [-0.4, -0.2) is 19.8 Å². The Kier molecular flexibility index (Phi) is 7.10. The van der Waals surface area contributed by atoms with Gasteiger partial charge in [-0.15, -0.1) is 0 Å². The standard InChI is InChI=1S/C33H42O4/c1-4-28-10-22(1)13-31(28)19-34-16-25-7-26(17-35-20-32-14-23-2-5-29(32)11-23)9-27(8-25)18-36-37-21-33-15-24-3-6-30(33)12-24/h1-9,22-24,28-33H,10-21H2. The van der Waals surface area contributed by atoms with Crippen LogP contribution in [0.4, 0.5) is 0 Å². The summed E-state index contributed by atoms with van der Waals surface area (Å²) >= 11 is 0. The van der Waals surface area contributed by atoms with Crippen LogP contribution >= 0.6 is 0 Å². The summed E-state index contributed by atoms with van der Waals surface area (Å²) in [7, 11) is 0. The average Bonchev–Trinajstić information content (AvgIpc) is 3.75. The fraction of sp³-hybridized carbons (Fsp3) is 0.636. The van der Waals surface area contributed by atoms with Gasteiger partial charge in [-0.1, -0.05) is 54.7 Å². The molecule has 6 aliphatic rings. The van der Waals surface area contributed by atoms with Gasteiger partial charge in [0.2, 0.25) is 0 Å². The first-order chi connectivity index (χ1) is 18.2. The summed E-state index contributed by atoms with van der Waals surface area (Å²) in [5, 5.41) is 0. The minimum absolute atomic E-state index is 0.464. The Labute approximate surface area is 222 Å². The Hall–Kier alpha value is -1.72. The minimum Gasteiger partial charge on any atom is -0.376 e. The molecule has 37 heavy (non-hydrogen) atoms. The van der Waals surface area contributed by atoms with E-state index in [0.29, 0.717) is 50.1 Å². The van der Waals surface area contributed by atoms with Crippen molar-refractivity contribution in [1.82, 2.24) is 0 Å². The maximum atomic E-state index is 6.25. The second kappa shape index (κ2) is 10.8. The highest BCUT2D eigenvalue weighted by Gasteiger charge is 2.37. The van der Waals surface area contributed by atoms with E-state index in [4.69, 9.17) is 19.2 Å². The number of fused-ring (bicyclic) bond motifs is 6. The molecule has 1 aromatic rings. The van der Waals surface area contributed by atoms with Crippen LogP contribution in [0, 0.1) is 53.3 Å². The van der Waals surface area contributed by atoms with E-state index in [9.17, 15) is 0 Å². The van der Waals surface area contributed by atoms with Crippen molar-refractivity contribution in [2.24, 2.45) is 53.3 Å². The molecule has 0 aromatic heterocycles. The van der Waals surface area contributed by atoms with E-state index in [1.807, 2.05) is 0 Å². The topological polar surface area (TPSA) is 36.9 Å². The van der Waals surface area contributed by atoms with Gasteiger partial charge in [-0.25, -0.2) is 9.78 Å². The number of allylic oxidation sites excluding steroid dienone is 6. The predicted octanol–water partition coefficient (Wildman–Crippen LogP) is 6.80. The zero-order chi connectivity index (χ0) is 24.6. The van der Waals surface area contributed by atoms with Crippen molar-refractivity contribution in [3.05, 3.63) is 71.3 Å².